The molecule has 0 spiro atoms. The zero-order chi connectivity index (χ0) is 16.0. The van der Waals surface area contributed by atoms with Crippen LogP contribution in [0.3, 0.4) is 0 Å². The number of carbonyl (C=O) groups is 1. The van der Waals surface area contributed by atoms with E-state index in [1.165, 1.54) is 0 Å². The van der Waals surface area contributed by atoms with E-state index in [0.717, 1.165) is 31.2 Å². The van der Waals surface area contributed by atoms with Gasteiger partial charge in [-0.15, -0.1) is 0 Å². The van der Waals surface area contributed by atoms with Gasteiger partial charge in [0.15, 0.2) is 0 Å². The molecule has 1 unspecified atom stereocenters. The van der Waals surface area contributed by atoms with Crippen LogP contribution in [0, 0.1) is 5.92 Å². The first-order valence-corrected chi connectivity index (χ1v) is 6.79. The highest BCUT2D eigenvalue weighted by molar-refractivity contribution is 5.93. The Kier molecular flexibility index (Phi) is 6.14. The van der Waals surface area contributed by atoms with E-state index < -0.39 is 29.4 Å². The third-order valence-corrected chi connectivity index (χ3v) is 3.39. The second kappa shape index (κ2) is 7.40. The minimum absolute atomic E-state index is 0.00359. The molecule has 0 saturated carbocycles. The number of amides is 1. The predicted octanol–water partition coefficient (Wildman–Crippen LogP) is 2.63. The third kappa shape index (κ3) is 4.70. The minimum Gasteiger partial charge on any atom is -0.391 e. The van der Waals surface area contributed by atoms with Gasteiger partial charge in [0.05, 0.1) is 11.7 Å². The van der Waals surface area contributed by atoms with Crippen LogP contribution >= 0.6 is 0 Å². The lowest BCUT2D eigenvalue weighted by Gasteiger charge is -2.20. The van der Waals surface area contributed by atoms with Crippen molar-refractivity contribution >= 4 is 5.91 Å². The highest BCUT2D eigenvalue weighted by Gasteiger charge is 2.36. The summed E-state index contributed by atoms with van der Waals surface area (Å²) in [6.45, 7) is 3.71. The molecule has 1 aromatic rings. The summed E-state index contributed by atoms with van der Waals surface area (Å²) in [5.41, 5.74) is -1.76. The van der Waals surface area contributed by atoms with E-state index in [0.29, 0.717) is 0 Å². The first kappa shape index (κ1) is 17.4. The van der Waals surface area contributed by atoms with E-state index in [-0.39, 0.29) is 12.5 Å². The standard InChI is InChI=1S/C14H19F3N2O2/c1-3-9(4-2)11(20)8-19-13(21)12-10(14(15,16)17)6-5-7-18-12/h5-7,9,11,20H,3-4,8H2,1-2H3,(H,19,21). The predicted molar refractivity (Wildman–Crippen MR) is 71.7 cm³/mol. The Hall–Kier alpha value is -1.63. The zero-order valence-corrected chi connectivity index (χ0v) is 11.9. The van der Waals surface area contributed by atoms with Crippen molar-refractivity contribution in [3.05, 3.63) is 29.6 Å². The fourth-order valence-corrected chi connectivity index (χ4v) is 2.10. The Morgan fingerprint density at radius 3 is 2.52 bits per heavy atom. The van der Waals surface area contributed by atoms with Gasteiger partial charge in [0.1, 0.15) is 5.69 Å². The lowest BCUT2D eigenvalue weighted by atomic mass is 9.96. The van der Waals surface area contributed by atoms with Crippen molar-refractivity contribution in [3.8, 4) is 0 Å². The smallest absolute Gasteiger partial charge is 0.391 e. The van der Waals surface area contributed by atoms with Gasteiger partial charge in [-0.2, -0.15) is 13.2 Å². The van der Waals surface area contributed by atoms with Crippen molar-refractivity contribution in [3.63, 3.8) is 0 Å². The van der Waals surface area contributed by atoms with Crippen LogP contribution in [0.1, 0.15) is 42.7 Å². The number of hydrogen-bond donors (Lipinski definition) is 2. The maximum Gasteiger partial charge on any atom is 0.418 e. The quantitative estimate of drug-likeness (QED) is 0.849. The third-order valence-electron chi connectivity index (χ3n) is 3.39. The van der Waals surface area contributed by atoms with Crippen LogP contribution < -0.4 is 5.32 Å². The molecule has 1 heterocycles. The van der Waals surface area contributed by atoms with Crippen molar-refractivity contribution in [1.82, 2.24) is 10.3 Å². The summed E-state index contributed by atoms with van der Waals surface area (Å²) in [6.07, 6.45) is -2.85. The van der Waals surface area contributed by atoms with E-state index in [2.05, 4.69) is 10.3 Å². The second-order valence-corrected chi connectivity index (χ2v) is 4.75. The molecule has 1 aromatic heterocycles. The van der Waals surface area contributed by atoms with Crippen molar-refractivity contribution in [1.29, 1.82) is 0 Å². The summed E-state index contributed by atoms with van der Waals surface area (Å²) in [5.74, 6) is -0.941. The van der Waals surface area contributed by atoms with Crippen molar-refractivity contribution in [2.45, 2.75) is 39.0 Å². The molecule has 0 aliphatic heterocycles. The average Bonchev–Trinajstić information content (AvgIpc) is 2.45. The minimum atomic E-state index is -4.64. The summed E-state index contributed by atoms with van der Waals surface area (Å²) in [5, 5.41) is 12.2. The Balaban J connectivity index is 2.78. The summed E-state index contributed by atoms with van der Waals surface area (Å²) in [6, 6.07) is 1.93. The topological polar surface area (TPSA) is 62.2 Å². The Morgan fingerprint density at radius 1 is 1.38 bits per heavy atom. The largest absolute Gasteiger partial charge is 0.418 e. The van der Waals surface area contributed by atoms with Crippen LogP contribution in [-0.2, 0) is 6.18 Å². The van der Waals surface area contributed by atoms with Crippen LogP contribution in [0.4, 0.5) is 13.2 Å². The average molecular weight is 304 g/mol. The number of halogens is 3. The molecule has 0 bridgehead atoms. The van der Waals surface area contributed by atoms with Crippen LogP contribution in [0.2, 0.25) is 0 Å². The van der Waals surface area contributed by atoms with E-state index in [4.69, 9.17) is 0 Å². The molecule has 0 fully saturated rings. The van der Waals surface area contributed by atoms with Crippen LogP contribution in [0.25, 0.3) is 0 Å². The number of nitrogens with zero attached hydrogens (tertiary/aromatic N) is 1. The van der Waals surface area contributed by atoms with Gasteiger partial charge in [0.25, 0.3) is 5.91 Å². The summed E-state index contributed by atoms with van der Waals surface area (Å²) in [7, 11) is 0. The van der Waals surface area contributed by atoms with Crippen LogP contribution in [-0.4, -0.2) is 28.6 Å². The molecular formula is C14H19F3N2O2. The summed E-state index contributed by atoms with van der Waals surface area (Å²) >= 11 is 0. The first-order valence-electron chi connectivity index (χ1n) is 6.79. The van der Waals surface area contributed by atoms with Gasteiger partial charge in [-0.25, -0.2) is 0 Å². The summed E-state index contributed by atoms with van der Waals surface area (Å²) < 4.78 is 38.3. The number of pyridine rings is 1. The number of rotatable bonds is 6. The second-order valence-electron chi connectivity index (χ2n) is 4.75. The highest BCUT2D eigenvalue weighted by Crippen LogP contribution is 2.30. The van der Waals surface area contributed by atoms with E-state index in [1.54, 1.807) is 0 Å². The molecule has 4 nitrogen and oxygen atoms in total. The number of alkyl halides is 3. The number of aliphatic hydroxyl groups excluding tert-OH is 1. The Bertz CT molecular complexity index is 474. The van der Waals surface area contributed by atoms with Gasteiger partial charge in [-0.3, -0.25) is 9.78 Å². The highest BCUT2D eigenvalue weighted by atomic mass is 19.4. The van der Waals surface area contributed by atoms with E-state index in [1.807, 2.05) is 13.8 Å². The number of hydrogen-bond acceptors (Lipinski definition) is 3. The lowest BCUT2D eigenvalue weighted by Crippen LogP contribution is -2.37. The maximum absolute atomic E-state index is 12.8. The fourth-order valence-electron chi connectivity index (χ4n) is 2.10. The van der Waals surface area contributed by atoms with Gasteiger partial charge >= 0.3 is 6.18 Å². The van der Waals surface area contributed by atoms with Crippen LogP contribution in [0.15, 0.2) is 18.3 Å². The summed E-state index contributed by atoms with van der Waals surface area (Å²) in [4.78, 5) is 15.3. The number of nitrogens with one attached hydrogen (secondary N) is 1. The van der Waals surface area contributed by atoms with Crippen molar-refractivity contribution in [2.75, 3.05) is 6.54 Å². The monoisotopic (exact) mass is 304 g/mol. The Morgan fingerprint density at radius 2 is 2.00 bits per heavy atom. The normalized spacial score (nSPS) is 13.3. The van der Waals surface area contributed by atoms with Crippen molar-refractivity contribution in [2.24, 2.45) is 5.92 Å². The van der Waals surface area contributed by atoms with Gasteiger partial charge < -0.3 is 10.4 Å². The molecule has 7 heteroatoms. The fraction of sp³-hybridized carbons (Fsp3) is 0.571. The first-order chi connectivity index (χ1) is 9.81. The molecule has 21 heavy (non-hydrogen) atoms. The molecule has 0 aromatic carbocycles. The molecule has 1 rings (SSSR count). The molecule has 0 aliphatic carbocycles. The molecule has 0 saturated heterocycles. The van der Waals surface area contributed by atoms with Gasteiger partial charge in [0.2, 0.25) is 0 Å². The van der Waals surface area contributed by atoms with Crippen LogP contribution in [0.5, 0.6) is 0 Å². The van der Waals surface area contributed by atoms with E-state index in [9.17, 15) is 23.1 Å². The SMILES string of the molecule is CCC(CC)C(O)CNC(=O)c1ncccc1C(F)(F)F. The molecule has 0 radical (unpaired) electrons. The van der Waals surface area contributed by atoms with Gasteiger partial charge in [-0.05, 0) is 18.1 Å². The molecule has 1 amide bonds. The Labute approximate surface area is 121 Å². The van der Waals surface area contributed by atoms with Crippen molar-refractivity contribution < 1.29 is 23.1 Å². The molecule has 0 aliphatic rings. The van der Waals surface area contributed by atoms with Gasteiger partial charge in [0, 0.05) is 12.7 Å². The van der Waals surface area contributed by atoms with E-state index >= 15 is 0 Å². The number of aromatic nitrogens is 1. The lowest BCUT2D eigenvalue weighted by molar-refractivity contribution is -0.138. The van der Waals surface area contributed by atoms with Gasteiger partial charge in [-0.1, -0.05) is 26.7 Å². The number of carbonyl (C=O) groups excluding carboxylic acids is 1. The zero-order valence-electron chi connectivity index (χ0n) is 11.9. The molecule has 2 N–H and O–H groups in total. The molecular weight excluding hydrogens is 285 g/mol. The maximum atomic E-state index is 12.8. The number of aliphatic hydroxyl groups is 1. The molecule has 1 atom stereocenters. The molecule has 118 valence electrons.